The van der Waals surface area contributed by atoms with Crippen molar-refractivity contribution in [1.82, 2.24) is 0 Å². The highest BCUT2D eigenvalue weighted by Crippen LogP contribution is 2.10. The van der Waals surface area contributed by atoms with E-state index in [9.17, 15) is 4.79 Å². The van der Waals surface area contributed by atoms with E-state index in [2.05, 4.69) is 15.9 Å². The van der Waals surface area contributed by atoms with E-state index in [1.165, 1.54) is 0 Å². The summed E-state index contributed by atoms with van der Waals surface area (Å²) in [5.74, 6) is -0.966. The molecule has 0 aliphatic carbocycles. The van der Waals surface area contributed by atoms with Crippen LogP contribution in [0.25, 0.3) is 0 Å². The highest BCUT2D eigenvalue weighted by molar-refractivity contribution is 9.09. The third-order valence-corrected chi connectivity index (χ3v) is 2.14. The van der Waals surface area contributed by atoms with Gasteiger partial charge in [0.15, 0.2) is 0 Å². The number of halogens is 1. The number of aliphatic carboxylic acids is 1. The van der Waals surface area contributed by atoms with Crippen LogP contribution in [0.1, 0.15) is 12.8 Å². The van der Waals surface area contributed by atoms with Gasteiger partial charge in [0.25, 0.3) is 0 Å². The van der Waals surface area contributed by atoms with Crippen molar-refractivity contribution in [3.8, 4) is 0 Å². The summed E-state index contributed by atoms with van der Waals surface area (Å²) in [4.78, 5) is 10.4. The van der Waals surface area contributed by atoms with Gasteiger partial charge in [-0.1, -0.05) is 15.9 Å². The number of alkyl halides is 1. The van der Waals surface area contributed by atoms with Gasteiger partial charge in [-0.25, -0.2) is 0 Å². The maximum atomic E-state index is 10.3. The van der Waals surface area contributed by atoms with Gasteiger partial charge in [0.2, 0.25) is 0 Å². The summed E-state index contributed by atoms with van der Waals surface area (Å²) in [6.45, 7) is 0.544. The number of carboxylic acid groups (broad SMARTS) is 1. The van der Waals surface area contributed by atoms with Crippen molar-refractivity contribution in [3.63, 3.8) is 0 Å². The molecule has 0 heterocycles. The van der Waals surface area contributed by atoms with Crippen molar-refractivity contribution in [2.45, 2.75) is 23.7 Å². The standard InChI is InChI=1S/C6H13BrN2O2/c7-4(1-2-8)3-5(9)6(10)11/h4-5H,1-3,8-9H2,(H,10,11)/t4?,5-/m0/s1. The molecule has 0 amide bonds. The Hall–Kier alpha value is -0.130. The first kappa shape index (κ1) is 10.9. The lowest BCUT2D eigenvalue weighted by molar-refractivity contribution is -0.138. The van der Waals surface area contributed by atoms with Crippen LogP contribution < -0.4 is 11.5 Å². The van der Waals surface area contributed by atoms with Crippen LogP contribution in [0.4, 0.5) is 0 Å². The Morgan fingerprint density at radius 3 is 2.55 bits per heavy atom. The summed E-state index contributed by atoms with van der Waals surface area (Å²) in [5, 5.41) is 8.42. The van der Waals surface area contributed by atoms with Gasteiger partial charge in [0.1, 0.15) is 6.04 Å². The molecule has 0 aromatic rings. The molecule has 66 valence electrons. The predicted octanol–water partition coefficient (Wildman–Crippen LogP) is -0.0993. The maximum Gasteiger partial charge on any atom is 0.320 e. The van der Waals surface area contributed by atoms with Crippen molar-refractivity contribution in [1.29, 1.82) is 0 Å². The molecule has 4 nitrogen and oxygen atoms in total. The minimum Gasteiger partial charge on any atom is -0.480 e. The minimum atomic E-state index is -0.966. The Morgan fingerprint density at radius 1 is 1.64 bits per heavy atom. The van der Waals surface area contributed by atoms with Crippen LogP contribution in [-0.2, 0) is 4.79 Å². The molecule has 0 aliphatic rings. The summed E-state index contributed by atoms with van der Waals surface area (Å²) < 4.78 is 0. The average Bonchev–Trinajstić information content (AvgIpc) is 1.87. The molecule has 0 bridgehead atoms. The predicted molar refractivity (Wildman–Crippen MR) is 46.6 cm³/mol. The van der Waals surface area contributed by atoms with Gasteiger partial charge in [-0.05, 0) is 19.4 Å². The molecule has 11 heavy (non-hydrogen) atoms. The maximum absolute atomic E-state index is 10.3. The third-order valence-electron chi connectivity index (χ3n) is 1.31. The summed E-state index contributed by atoms with van der Waals surface area (Å²) >= 11 is 3.28. The molecule has 0 aliphatic heterocycles. The molecule has 1 unspecified atom stereocenters. The van der Waals surface area contributed by atoms with Gasteiger partial charge < -0.3 is 16.6 Å². The number of carbonyl (C=O) groups is 1. The zero-order valence-corrected chi connectivity index (χ0v) is 7.75. The Labute approximate surface area is 74.1 Å². The lowest BCUT2D eigenvalue weighted by Gasteiger charge is -2.10. The molecule has 0 rings (SSSR count). The van der Waals surface area contributed by atoms with Crippen molar-refractivity contribution >= 4 is 21.9 Å². The molecule has 2 atom stereocenters. The fourth-order valence-electron chi connectivity index (χ4n) is 0.675. The second-order valence-corrected chi connectivity index (χ2v) is 3.65. The number of nitrogens with two attached hydrogens (primary N) is 2. The van der Waals surface area contributed by atoms with Crippen molar-refractivity contribution in [2.75, 3.05) is 6.54 Å². The zero-order chi connectivity index (χ0) is 8.85. The van der Waals surface area contributed by atoms with E-state index >= 15 is 0 Å². The van der Waals surface area contributed by atoms with Gasteiger partial charge in [-0.2, -0.15) is 0 Å². The Balaban J connectivity index is 3.56. The van der Waals surface area contributed by atoms with E-state index in [4.69, 9.17) is 16.6 Å². The van der Waals surface area contributed by atoms with Crippen LogP contribution in [0.3, 0.4) is 0 Å². The fraction of sp³-hybridized carbons (Fsp3) is 0.833. The molecule has 0 aromatic carbocycles. The van der Waals surface area contributed by atoms with Gasteiger partial charge in [0, 0.05) is 4.83 Å². The fourth-order valence-corrected chi connectivity index (χ4v) is 1.34. The molecule has 0 aromatic heterocycles. The highest BCUT2D eigenvalue weighted by atomic mass is 79.9. The first-order chi connectivity index (χ1) is 5.07. The molecule has 5 heteroatoms. The molecular weight excluding hydrogens is 212 g/mol. The van der Waals surface area contributed by atoms with Crippen LogP contribution in [0, 0.1) is 0 Å². The van der Waals surface area contributed by atoms with Crippen LogP contribution >= 0.6 is 15.9 Å². The highest BCUT2D eigenvalue weighted by Gasteiger charge is 2.15. The number of hydrogen-bond acceptors (Lipinski definition) is 3. The third kappa shape index (κ3) is 5.17. The van der Waals surface area contributed by atoms with Crippen LogP contribution in [0.5, 0.6) is 0 Å². The van der Waals surface area contributed by atoms with Gasteiger partial charge in [-0.15, -0.1) is 0 Å². The molecule has 0 radical (unpaired) electrons. The first-order valence-electron chi connectivity index (χ1n) is 3.40. The lowest BCUT2D eigenvalue weighted by Crippen LogP contribution is -2.33. The summed E-state index contributed by atoms with van der Waals surface area (Å²) in [6.07, 6.45) is 1.17. The normalized spacial score (nSPS) is 15.9. The van der Waals surface area contributed by atoms with Crippen molar-refractivity contribution in [3.05, 3.63) is 0 Å². The van der Waals surface area contributed by atoms with Crippen LogP contribution in [0.15, 0.2) is 0 Å². The first-order valence-corrected chi connectivity index (χ1v) is 4.32. The second-order valence-electron chi connectivity index (χ2n) is 2.36. The average molecular weight is 225 g/mol. The van der Waals surface area contributed by atoms with Crippen molar-refractivity contribution < 1.29 is 9.90 Å². The minimum absolute atomic E-state index is 0.110. The van der Waals surface area contributed by atoms with Crippen molar-refractivity contribution in [2.24, 2.45) is 11.5 Å². The number of hydrogen-bond donors (Lipinski definition) is 3. The Kier molecular flexibility index (Phi) is 5.45. The quantitative estimate of drug-likeness (QED) is 0.570. The van der Waals surface area contributed by atoms with Crippen LogP contribution in [-0.4, -0.2) is 28.5 Å². The summed E-state index contributed by atoms with van der Waals surface area (Å²) in [5.41, 5.74) is 10.5. The topological polar surface area (TPSA) is 89.3 Å². The molecule has 0 spiro atoms. The molecule has 0 saturated heterocycles. The zero-order valence-electron chi connectivity index (χ0n) is 6.16. The monoisotopic (exact) mass is 224 g/mol. The Morgan fingerprint density at radius 2 is 2.18 bits per heavy atom. The second kappa shape index (κ2) is 5.51. The number of carboxylic acids is 1. The Bertz CT molecular complexity index is 132. The summed E-state index contributed by atoms with van der Waals surface area (Å²) in [6, 6.07) is -0.786. The van der Waals surface area contributed by atoms with E-state index < -0.39 is 12.0 Å². The van der Waals surface area contributed by atoms with E-state index in [1.54, 1.807) is 0 Å². The number of rotatable bonds is 5. The van der Waals surface area contributed by atoms with Gasteiger partial charge >= 0.3 is 5.97 Å². The lowest BCUT2D eigenvalue weighted by atomic mass is 10.1. The summed E-state index contributed by atoms with van der Waals surface area (Å²) in [7, 11) is 0. The van der Waals surface area contributed by atoms with Gasteiger partial charge in [0.05, 0.1) is 0 Å². The van der Waals surface area contributed by atoms with E-state index in [0.717, 1.165) is 6.42 Å². The van der Waals surface area contributed by atoms with E-state index in [1.807, 2.05) is 0 Å². The molecular formula is C6H13BrN2O2. The van der Waals surface area contributed by atoms with Gasteiger partial charge in [-0.3, -0.25) is 4.79 Å². The molecule has 0 fully saturated rings. The molecule has 5 N–H and O–H groups in total. The van der Waals surface area contributed by atoms with E-state index in [0.29, 0.717) is 13.0 Å². The molecule has 0 saturated carbocycles. The smallest absolute Gasteiger partial charge is 0.320 e. The largest absolute Gasteiger partial charge is 0.480 e. The SMILES string of the molecule is NCCC(Br)C[C@H](N)C(=O)O. The van der Waals surface area contributed by atoms with E-state index in [-0.39, 0.29) is 4.83 Å². The van der Waals surface area contributed by atoms with Crippen LogP contribution in [0.2, 0.25) is 0 Å².